The molecule has 0 amide bonds. The number of nitrogens with zero attached hydrogens (tertiary/aromatic N) is 2. The van der Waals surface area contributed by atoms with Gasteiger partial charge in [0.15, 0.2) is 0 Å². The monoisotopic (exact) mass is 327 g/mol. The quantitative estimate of drug-likeness (QED) is 0.742. The zero-order chi connectivity index (χ0) is 16.3. The van der Waals surface area contributed by atoms with Crippen LogP contribution in [0.3, 0.4) is 0 Å². The Morgan fingerprint density at radius 1 is 1.45 bits per heavy atom. The van der Waals surface area contributed by atoms with Crippen molar-refractivity contribution in [3.05, 3.63) is 30.1 Å². The number of nitrogens with one attached hydrogen (secondary N) is 1. The van der Waals surface area contributed by atoms with Crippen molar-refractivity contribution in [3.8, 4) is 0 Å². The van der Waals surface area contributed by atoms with Crippen LogP contribution in [0, 0.1) is 5.92 Å². The van der Waals surface area contributed by atoms with Gasteiger partial charge in [-0.15, -0.1) is 0 Å². The van der Waals surface area contributed by atoms with Crippen LogP contribution in [-0.4, -0.2) is 40.9 Å². The van der Waals surface area contributed by atoms with Crippen LogP contribution in [0.15, 0.2) is 24.4 Å². The van der Waals surface area contributed by atoms with Gasteiger partial charge >= 0.3 is 5.97 Å². The number of carbonyl (C=O) groups is 1. The Bertz CT molecular complexity index is 614. The molecule has 1 fully saturated rings. The first kappa shape index (κ1) is 16.9. The molecule has 1 aliphatic carbocycles. The first-order valence-electron chi connectivity index (χ1n) is 7.23. The summed E-state index contributed by atoms with van der Waals surface area (Å²) >= 11 is 0. The van der Waals surface area contributed by atoms with Gasteiger partial charge in [0, 0.05) is 12.2 Å². The lowest BCUT2D eigenvalue weighted by Gasteiger charge is -2.30. The van der Waals surface area contributed by atoms with E-state index in [1.165, 1.54) is 0 Å². The van der Waals surface area contributed by atoms with Gasteiger partial charge in [0.1, 0.15) is 6.04 Å². The largest absolute Gasteiger partial charge is 0.480 e. The molecule has 2 N–H and O–H groups in total. The van der Waals surface area contributed by atoms with Crippen LogP contribution in [0.4, 0.5) is 0 Å². The highest BCUT2D eigenvalue weighted by Gasteiger charge is 2.39. The molecule has 2 rings (SSSR count). The Kier molecular flexibility index (Phi) is 5.15. The minimum atomic E-state index is -3.88. The van der Waals surface area contributed by atoms with Crippen LogP contribution in [0.5, 0.6) is 0 Å². The number of hydrogen-bond donors (Lipinski definition) is 2. The molecule has 0 spiro atoms. The van der Waals surface area contributed by atoms with Gasteiger partial charge in [-0.2, -0.15) is 17.4 Å². The maximum atomic E-state index is 12.6. The molecule has 7 nitrogen and oxygen atoms in total. The Hall–Kier alpha value is -1.51. The van der Waals surface area contributed by atoms with Crippen molar-refractivity contribution in [1.29, 1.82) is 0 Å². The predicted molar refractivity (Wildman–Crippen MR) is 81.1 cm³/mol. The highest BCUT2D eigenvalue weighted by molar-refractivity contribution is 7.87. The van der Waals surface area contributed by atoms with Crippen molar-refractivity contribution in [2.75, 3.05) is 0 Å². The normalized spacial score (nSPS) is 16.9. The first-order chi connectivity index (χ1) is 10.3. The molecule has 1 atom stereocenters. The third kappa shape index (κ3) is 4.25. The number of aliphatic carboxylic acids is 1. The summed E-state index contributed by atoms with van der Waals surface area (Å²) in [6.07, 6.45) is 3.13. The highest BCUT2D eigenvalue weighted by atomic mass is 32.2. The van der Waals surface area contributed by atoms with Crippen LogP contribution in [-0.2, 0) is 21.5 Å². The molecular weight excluding hydrogens is 306 g/mol. The Morgan fingerprint density at radius 3 is 2.59 bits per heavy atom. The second kappa shape index (κ2) is 6.72. The first-order valence-corrected chi connectivity index (χ1v) is 8.67. The standard InChI is InChI=1S/C14H21N3O4S/c1-10(2)13(14(18)19)17(9-12-5-3-4-8-15-12)22(20,21)16-11-6-7-11/h3-5,8,10-11,13,16H,6-7,9H2,1-2H3,(H,18,19). The summed E-state index contributed by atoms with van der Waals surface area (Å²) in [5.41, 5.74) is 0.510. The molecule has 0 bridgehead atoms. The van der Waals surface area contributed by atoms with Gasteiger partial charge in [0.2, 0.25) is 0 Å². The van der Waals surface area contributed by atoms with Gasteiger partial charge in [-0.25, -0.2) is 0 Å². The Balaban J connectivity index is 2.32. The zero-order valence-corrected chi connectivity index (χ0v) is 13.5. The average molecular weight is 327 g/mol. The van der Waals surface area contributed by atoms with E-state index in [1.807, 2.05) is 0 Å². The third-order valence-corrected chi connectivity index (χ3v) is 5.05. The fourth-order valence-electron chi connectivity index (χ4n) is 2.20. The van der Waals surface area contributed by atoms with E-state index in [0.29, 0.717) is 5.69 Å². The molecule has 1 heterocycles. The highest BCUT2D eigenvalue weighted by Crippen LogP contribution is 2.24. The molecule has 122 valence electrons. The fraction of sp³-hybridized carbons (Fsp3) is 0.571. The Labute approximate surface area is 130 Å². The zero-order valence-electron chi connectivity index (χ0n) is 12.6. The molecule has 0 saturated heterocycles. The lowest BCUT2D eigenvalue weighted by Crippen LogP contribution is -2.52. The average Bonchev–Trinajstić information content (AvgIpc) is 3.21. The topological polar surface area (TPSA) is 99.6 Å². The number of carboxylic acid groups (broad SMARTS) is 1. The molecule has 1 unspecified atom stereocenters. The van der Waals surface area contributed by atoms with Crippen molar-refractivity contribution in [3.63, 3.8) is 0 Å². The Morgan fingerprint density at radius 2 is 2.14 bits per heavy atom. The van der Waals surface area contributed by atoms with Crippen molar-refractivity contribution < 1.29 is 18.3 Å². The van der Waals surface area contributed by atoms with Gasteiger partial charge in [-0.05, 0) is 30.9 Å². The van der Waals surface area contributed by atoms with Crippen molar-refractivity contribution in [2.24, 2.45) is 5.92 Å². The minimum absolute atomic E-state index is 0.0714. The third-order valence-electron chi connectivity index (χ3n) is 3.44. The second-order valence-electron chi connectivity index (χ2n) is 5.79. The maximum Gasteiger partial charge on any atom is 0.322 e. The summed E-state index contributed by atoms with van der Waals surface area (Å²) in [6, 6.07) is 3.92. The van der Waals surface area contributed by atoms with E-state index >= 15 is 0 Å². The molecule has 22 heavy (non-hydrogen) atoms. The molecule has 8 heteroatoms. The fourth-order valence-corrected chi connectivity index (χ4v) is 3.93. The molecule has 0 radical (unpaired) electrons. The van der Waals surface area contributed by atoms with Crippen molar-refractivity contribution >= 4 is 16.2 Å². The summed E-state index contributed by atoms with van der Waals surface area (Å²) in [6.45, 7) is 3.31. The van der Waals surface area contributed by atoms with E-state index < -0.39 is 22.2 Å². The number of pyridine rings is 1. The van der Waals surface area contributed by atoms with Gasteiger partial charge in [0.05, 0.1) is 12.2 Å². The van der Waals surface area contributed by atoms with E-state index in [2.05, 4.69) is 9.71 Å². The summed E-state index contributed by atoms with van der Waals surface area (Å²) in [4.78, 5) is 15.7. The van der Waals surface area contributed by atoms with Crippen LogP contribution in [0.2, 0.25) is 0 Å². The molecule has 1 aliphatic rings. The summed E-state index contributed by atoms with van der Waals surface area (Å²) < 4.78 is 28.7. The number of hydrogen-bond acceptors (Lipinski definition) is 4. The summed E-state index contributed by atoms with van der Waals surface area (Å²) in [5, 5.41) is 9.45. The van der Waals surface area contributed by atoms with Crippen molar-refractivity contribution in [2.45, 2.75) is 45.3 Å². The number of rotatable bonds is 8. The van der Waals surface area contributed by atoms with E-state index in [1.54, 1.807) is 38.2 Å². The van der Waals surface area contributed by atoms with Gasteiger partial charge in [-0.3, -0.25) is 9.78 Å². The van der Waals surface area contributed by atoms with Gasteiger partial charge in [0.25, 0.3) is 10.2 Å². The van der Waals surface area contributed by atoms with Crippen LogP contribution < -0.4 is 4.72 Å². The van der Waals surface area contributed by atoms with Crippen molar-refractivity contribution in [1.82, 2.24) is 14.0 Å². The molecular formula is C14H21N3O4S. The summed E-state index contributed by atoms with van der Waals surface area (Å²) in [5.74, 6) is -1.52. The SMILES string of the molecule is CC(C)C(C(=O)O)N(Cc1ccccn1)S(=O)(=O)NC1CC1. The smallest absolute Gasteiger partial charge is 0.322 e. The molecule has 1 saturated carbocycles. The number of carboxylic acids is 1. The molecule has 1 aromatic rings. The van der Waals surface area contributed by atoms with E-state index in [9.17, 15) is 18.3 Å². The minimum Gasteiger partial charge on any atom is -0.480 e. The van der Waals surface area contributed by atoms with Crippen LogP contribution in [0.25, 0.3) is 0 Å². The second-order valence-corrected chi connectivity index (χ2v) is 7.45. The van der Waals surface area contributed by atoms with Crippen LogP contribution in [0.1, 0.15) is 32.4 Å². The predicted octanol–water partition coefficient (Wildman–Crippen LogP) is 0.990. The van der Waals surface area contributed by atoms with E-state index in [0.717, 1.165) is 17.1 Å². The summed E-state index contributed by atoms with van der Waals surface area (Å²) in [7, 11) is -3.88. The maximum absolute atomic E-state index is 12.6. The molecule has 1 aromatic heterocycles. The number of aromatic nitrogens is 1. The molecule has 0 aromatic carbocycles. The molecule has 0 aliphatic heterocycles. The lowest BCUT2D eigenvalue weighted by molar-refractivity contribution is -0.143. The van der Waals surface area contributed by atoms with Crippen LogP contribution >= 0.6 is 0 Å². The van der Waals surface area contributed by atoms with Gasteiger partial charge < -0.3 is 5.11 Å². The van der Waals surface area contributed by atoms with E-state index in [-0.39, 0.29) is 18.5 Å². The van der Waals surface area contributed by atoms with Gasteiger partial charge in [-0.1, -0.05) is 19.9 Å². The lowest BCUT2D eigenvalue weighted by atomic mass is 10.0. The van der Waals surface area contributed by atoms with E-state index in [4.69, 9.17) is 0 Å².